The third kappa shape index (κ3) is 3.68. The number of pyridine rings is 1. The van der Waals surface area contributed by atoms with Crippen LogP contribution < -0.4 is 4.90 Å². The first kappa shape index (κ1) is 15.5. The molecule has 0 saturated heterocycles. The van der Waals surface area contributed by atoms with Gasteiger partial charge >= 0.3 is 0 Å². The van der Waals surface area contributed by atoms with Crippen molar-refractivity contribution in [2.24, 2.45) is 0 Å². The molecule has 1 atom stereocenters. The molecule has 0 N–H and O–H groups in total. The highest BCUT2D eigenvalue weighted by Crippen LogP contribution is 2.25. The fourth-order valence-electron chi connectivity index (χ4n) is 2.16. The first-order valence-corrected chi connectivity index (χ1v) is 6.69. The number of hydrogen-bond acceptors (Lipinski definition) is 4. The van der Waals surface area contributed by atoms with Crippen molar-refractivity contribution in [3.8, 4) is 6.07 Å². The van der Waals surface area contributed by atoms with Crippen LogP contribution in [0.2, 0.25) is 0 Å². The second kappa shape index (κ2) is 7.10. The molecule has 1 unspecified atom stereocenters. The van der Waals surface area contributed by atoms with Crippen LogP contribution in [0.15, 0.2) is 6.07 Å². The number of rotatable bonds is 6. The number of ether oxygens (including phenoxy) is 1. The molecule has 104 valence electrons. The van der Waals surface area contributed by atoms with Gasteiger partial charge in [-0.25, -0.2) is 0 Å². The van der Waals surface area contributed by atoms with E-state index < -0.39 is 0 Å². The quantitative estimate of drug-likeness (QED) is 0.790. The van der Waals surface area contributed by atoms with E-state index in [2.05, 4.69) is 29.8 Å². The highest BCUT2D eigenvalue weighted by Gasteiger charge is 2.18. The van der Waals surface area contributed by atoms with Gasteiger partial charge in [-0.1, -0.05) is 6.92 Å². The summed E-state index contributed by atoms with van der Waals surface area (Å²) in [6, 6.07) is 4.64. The summed E-state index contributed by atoms with van der Waals surface area (Å²) in [6.07, 6.45) is 1.02. The number of nitrogens with zero attached hydrogens (tertiary/aromatic N) is 3. The van der Waals surface area contributed by atoms with Gasteiger partial charge in [0.25, 0.3) is 0 Å². The zero-order chi connectivity index (χ0) is 14.4. The largest absolute Gasteiger partial charge is 0.383 e. The number of methoxy groups -OCH3 is 1. The lowest BCUT2D eigenvalue weighted by Gasteiger charge is -2.31. The van der Waals surface area contributed by atoms with E-state index in [0.29, 0.717) is 18.2 Å². The molecule has 19 heavy (non-hydrogen) atoms. The van der Waals surface area contributed by atoms with E-state index in [-0.39, 0.29) is 0 Å². The number of aromatic nitrogens is 1. The summed E-state index contributed by atoms with van der Waals surface area (Å²) < 4.78 is 5.18. The summed E-state index contributed by atoms with van der Waals surface area (Å²) in [4.78, 5) is 6.61. The zero-order valence-electron chi connectivity index (χ0n) is 12.5. The highest BCUT2D eigenvalue weighted by molar-refractivity contribution is 5.62. The van der Waals surface area contributed by atoms with Gasteiger partial charge in [-0.3, -0.25) is 4.98 Å². The molecule has 0 aliphatic heterocycles. The molecule has 0 spiro atoms. The molecule has 0 aliphatic carbocycles. The predicted molar refractivity (Wildman–Crippen MR) is 77.4 cm³/mol. The molecule has 0 bridgehead atoms. The van der Waals surface area contributed by atoms with Crippen LogP contribution in [0, 0.1) is 25.2 Å². The molecule has 0 radical (unpaired) electrons. The van der Waals surface area contributed by atoms with Crippen LogP contribution in [0.5, 0.6) is 0 Å². The SMILES string of the molecule is CCC(C)N(CCOC)c1cc(C)nc(C)c1C#N. The Morgan fingerprint density at radius 2 is 2.16 bits per heavy atom. The molecular weight excluding hydrogens is 238 g/mol. The van der Waals surface area contributed by atoms with Crippen molar-refractivity contribution in [2.45, 2.75) is 40.2 Å². The van der Waals surface area contributed by atoms with Crippen molar-refractivity contribution in [1.29, 1.82) is 5.26 Å². The Hall–Kier alpha value is -1.60. The average molecular weight is 261 g/mol. The number of hydrogen-bond donors (Lipinski definition) is 0. The van der Waals surface area contributed by atoms with Crippen molar-refractivity contribution < 1.29 is 4.74 Å². The molecule has 1 aromatic rings. The summed E-state index contributed by atoms with van der Waals surface area (Å²) in [5.74, 6) is 0. The van der Waals surface area contributed by atoms with Gasteiger partial charge in [0.15, 0.2) is 0 Å². The summed E-state index contributed by atoms with van der Waals surface area (Å²) in [5, 5.41) is 9.37. The van der Waals surface area contributed by atoms with Crippen LogP contribution in [0.4, 0.5) is 5.69 Å². The molecule has 1 aromatic heterocycles. The Morgan fingerprint density at radius 1 is 1.47 bits per heavy atom. The third-order valence-corrected chi connectivity index (χ3v) is 3.39. The summed E-state index contributed by atoms with van der Waals surface area (Å²) >= 11 is 0. The van der Waals surface area contributed by atoms with Gasteiger partial charge in [0, 0.05) is 25.4 Å². The Kier molecular flexibility index (Phi) is 5.78. The average Bonchev–Trinajstić information content (AvgIpc) is 2.38. The summed E-state index contributed by atoms with van der Waals surface area (Å²) in [5.41, 5.74) is 3.38. The maximum absolute atomic E-state index is 9.37. The summed E-state index contributed by atoms with van der Waals surface area (Å²) in [6.45, 7) is 9.60. The fraction of sp³-hybridized carbons (Fsp3) is 0.600. The van der Waals surface area contributed by atoms with Crippen molar-refractivity contribution in [2.75, 3.05) is 25.2 Å². The molecule has 0 aliphatic rings. The molecule has 1 heterocycles. The minimum Gasteiger partial charge on any atom is -0.383 e. The second-order valence-electron chi connectivity index (χ2n) is 4.80. The van der Waals surface area contributed by atoms with Gasteiger partial charge in [0.2, 0.25) is 0 Å². The Bertz CT molecular complexity index is 465. The minimum atomic E-state index is 0.364. The van der Waals surface area contributed by atoms with E-state index in [9.17, 15) is 5.26 Å². The lowest BCUT2D eigenvalue weighted by atomic mass is 10.1. The van der Waals surface area contributed by atoms with E-state index in [4.69, 9.17) is 4.74 Å². The van der Waals surface area contributed by atoms with E-state index >= 15 is 0 Å². The molecule has 1 rings (SSSR count). The standard InChI is InChI=1S/C15H23N3O/c1-6-12(3)18(7-8-19-5)15-9-11(2)17-13(4)14(15)10-16/h9,12H,6-8H2,1-5H3. The molecular formula is C15H23N3O. The normalized spacial score (nSPS) is 12.0. The molecule has 4 heteroatoms. The third-order valence-electron chi connectivity index (χ3n) is 3.39. The number of nitriles is 1. The smallest absolute Gasteiger partial charge is 0.103 e. The number of anilines is 1. The van der Waals surface area contributed by atoms with Gasteiger partial charge < -0.3 is 9.64 Å². The van der Waals surface area contributed by atoms with Crippen molar-refractivity contribution >= 4 is 5.69 Å². The van der Waals surface area contributed by atoms with Crippen LogP contribution in [0.3, 0.4) is 0 Å². The molecule has 4 nitrogen and oxygen atoms in total. The highest BCUT2D eigenvalue weighted by atomic mass is 16.5. The van der Waals surface area contributed by atoms with Crippen molar-refractivity contribution in [1.82, 2.24) is 4.98 Å². The van der Waals surface area contributed by atoms with E-state index in [1.54, 1.807) is 7.11 Å². The van der Waals surface area contributed by atoms with Crippen LogP contribution >= 0.6 is 0 Å². The Morgan fingerprint density at radius 3 is 2.68 bits per heavy atom. The first-order chi connectivity index (χ1) is 9.04. The molecule has 0 saturated carbocycles. The second-order valence-corrected chi connectivity index (χ2v) is 4.80. The van der Waals surface area contributed by atoms with Gasteiger partial charge in [-0.2, -0.15) is 5.26 Å². The van der Waals surface area contributed by atoms with Gasteiger partial charge in [0.05, 0.1) is 23.6 Å². The molecule has 0 aromatic carbocycles. The van der Waals surface area contributed by atoms with Crippen LogP contribution in [0.25, 0.3) is 0 Å². The predicted octanol–water partition coefficient (Wildman–Crippen LogP) is 2.82. The lowest BCUT2D eigenvalue weighted by molar-refractivity contribution is 0.203. The lowest BCUT2D eigenvalue weighted by Crippen LogP contribution is -2.36. The van der Waals surface area contributed by atoms with Crippen LogP contribution in [0.1, 0.15) is 37.2 Å². The first-order valence-electron chi connectivity index (χ1n) is 6.69. The van der Waals surface area contributed by atoms with E-state index in [1.165, 1.54) is 0 Å². The van der Waals surface area contributed by atoms with Crippen LogP contribution in [-0.4, -0.2) is 31.3 Å². The van der Waals surface area contributed by atoms with Crippen molar-refractivity contribution in [3.05, 3.63) is 23.0 Å². The topological polar surface area (TPSA) is 49.1 Å². The summed E-state index contributed by atoms with van der Waals surface area (Å²) in [7, 11) is 1.70. The molecule has 0 fully saturated rings. The van der Waals surface area contributed by atoms with Gasteiger partial charge in [-0.15, -0.1) is 0 Å². The van der Waals surface area contributed by atoms with E-state index in [0.717, 1.165) is 30.0 Å². The number of aryl methyl sites for hydroxylation is 2. The van der Waals surface area contributed by atoms with E-state index in [1.807, 2.05) is 19.9 Å². The van der Waals surface area contributed by atoms with Crippen molar-refractivity contribution in [3.63, 3.8) is 0 Å². The zero-order valence-corrected chi connectivity index (χ0v) is 12.5. The maximum atomic E-state index is 9.37. The fourth-order valence-corrected chi connectivity index (χ4v) is 2.16. The monoisotopic (exact) mass is 261 g/mol. The molecule has 0 amide bonds. The minimum absolute atomic E-state index is 0.364. The van der Waals surface area contributed by atoms with Gasteiger partial charge in [0.1, 0.15) is 6.07 Å². The Labute approximate surface area is 116 Å². The Balaban J connectivity index is 3.24. The maximum Gasteiger partial charge on any atom is 0.103 e. The van der Waals surface area contributed by atoms with Gasteiger partial charge in [-0.05, 0) is 33.3 Å². The van der Waals surface area contributed by atoms with Crippen LogP contribution in [-0.2, 0) is 4.74 Å².